The molecule has 0 amide bonds. The lowest BCUT2D eigenvalue weighted by molar-refractivity contribution is 0.572. The van der Waals surface area contributed by atoms with Crippen LogP contribution in [-0.4, -0.2) is 21.9 Å². The Morgan fingerprint density at radius 3 is 2.56 bits per heavy atom. The second-order valence-corrected chi connectivity index (χ2v) is 5.02. The monoisotopic (exact) mass is 342 g/mol. The highest BCUT2D eigenvalue weighted by Crippen LogP contribution is 2.32. The zero-order chi connectivity index (χ0) is 11.4. The summed E-state index contributed by atoms with van der Waals surface area (Å²) in [6.45, 7) is 0. The van der Waals surface area contributed by atoms with E-state index in [0.29, 0.717) is 0 Å². The van der Waals surface area contributed by atoms with E-state index >= 15 is 0 Å². The first-order valence-electron chi connectivity index (χ1n) is 5.08. The van der Waals surface area contributed by atoms with Gasteiger partial charge in [0.15, 0.2) is 0 Å². The van der Waals surface area contributed by atoms with Crippen molar-refractivity contribution in [2.45, 2.75) is 6.42 Å². The molecule has 1 aromatic rings. The molecule has 0 fully saturated rings. The number of nitrogens with zero attached hydrogens (tertiary/aromatic N) is 2. The molecular weight excluding hydrogens is 332 g/mol. The highest BCUT2D eigenvalue weighted by Gasteiger charge is 2.27. The molecule has 0 N–H and O–H groups in total. The van der Waals surface area contributed by atoms with Gasteiger partial charge in [-0.15, -0.1) is 0 Å². The van der Waals surface area contributed by atoms with Gasteiger partial charge in [-0.1, -0.05) is 44.0 Å². The SMILES string of the molecule is BrCC1(CBr)C=NC(c2ccccn2)=CC1. The molecule has 0 radical (unpaired) electrons. The van der Waals surface area contributed by atoms with E-state index in [9.17, 15) is 0 Å². The van der Waals surface area contributed by atoms with Crippen LogP contribution < -0.4 is 0 Å². The fraction of sp³-hybridized carbons (Fsp3) is 0.333. The van der Waals surface area contributed by atoms with E-state index in [1.165, 1.54) is 0 Å². The molecule has 2 rings (SSSR count). The first kappa shape index (κ1) is 12.0. The molecule has 0 aliphatic carbocycles. The molecule has 0 bridgehead atoms. The predicted octanol–water partition coefficient (Wildman–Crippen LogP) is 3.67. The number of allylic oxidation sites excluding steroid dienone is 1. The largest absolute Gasteiger partial charge is 0.259 e. The van der Waals surface area contributed by atoms with Crippen molar-refractivity contribution in [3.05, 3.63) is 36.2 Å². The molecule has 0 atom stereocenters. The van der Waals surface area contributed by atoms with Crippen molar-refractivity contribution in [1.82, 2.24) is 4.98 Å². The topological polar surface area (TPSA) is 25.2 Å². The number of pyridine rings is 1. The Labute approximate surface area is 112 Å². The summed E-state index contributed by atoms with van der Waals surface area (Å²) in [6.07, 6.45) is 6.97. The maximum Gasteiger partial charge on any atom is 0.0882 e. The van der Waals surface area contributed by atoms with Crippen molar-refractivity contribution in [3.8, 4) is 0 Å². The summed E-state index contributed by atoms with van der Waals surface area (Å²) in [7, 11) is 0. The van der Waals surface area contributed by atoms with Crippen LogP contribution in [-0.2, 0) is 0 Å². The Kier molecular flexibility index (Phi) is 3.92. The van der Waals surface area contributed by atoms with Gasteiger partial charge in [-0.2, -0.15) is 0 Å². The van der Waals surface area contributed by atoms with Gasteiger partial charge in [0.05, 0.1) is 11.4 Å². The molecule has 0 spiro atoms. The molecule has 0 aromatic carbocycles. The van der Waals surface area contributed by atoms with Crippen LogP contribution in [0.2, 0.25) is 0 Å². The van der Waals surface area contributed by atoms with E-state index in [1.54, 1.807) is 6.20 Å². The predicted molar refractivity (Wildman–Crippen MR) is 75.3 cm³/mol. The van der Waals surface area contributed by atoms with Crippen LogP contribution in [0.15, 0.2) is 35.5 Å². The summed E-state index contributed by atoms with van der Waals surface area (Å²) in [4.78, 5) is 8.80. The van der Waals surface area contributed by atoms with Crippen LogP contribution in [0.25, 0.3) is 5.70 Å². The molecular formula is C12H12Br2N2. The Morgan fingerprint density at radius 1 is 1.25 bits per heavy atom. The lowest BCUT2D eigenvalue weighted by atomic mass is 9.88. The second-order valence-electron chi connectivity index (χ2n) is 3.90. The zero-order valence-corrected chi connectivity index (χ0v) is 11.9. The minimum Gasteiger partial charge on any atom is -0.259 e. The third-order valence-corrected chi connectivity index (χ3v) is 4.87. The first-order valence-corrected chi connectivity index (χ1v) is 7.33. The fourth-order valence-corrected chi connectivity index (χ4v) is 3.19. The van der Waals surface area contributed by atoms with Crippen molar-refractivity contribution in [2.75, 3.05) is 10.7 Å². The van der Waals surface area contributed by atoms with Gasteiger partial charge in [-0.25, -0.2) is 0 Å². The number of hydrogen-bond acceptors (Lipinski definition) is 2. The number of aromatic nitrogens is 1. The van der Waals surface area contributed by atoms with E-state index in [-0.39, 0.29) is 5.41 Å². The maximum absolute atomic E-state index is 4.51. The molecule has 1 aliphatic heterocycles. The van der Waals surface area contributed by atoms with E-state index in [0.717, 1.165) is 28.5 Å². The molecule has 1 aliphatic rings. The minimum absolute atomic E-state index is 0.109. The van der Waals surface area contributed by atoms with Gasteiger partial charge in [-0.3, -0.25) is 9.98 Å². The molecule has 2 heterocycles. The van der Waals surface area contributed by atoms with E-state index in [4.69, 9.17) is 0 Å². The van der Waals surface area contributed by atoms with E-state index < -0.39 is 0 Å². The van der Waals surface area contributed by atoms with Crippen molar-refractivity contribution in [3.63, 3.8) is 0 Å². The number of aliphatic imine (C=N–C) groups is 1. The van der Waals surface area contributed by atoms with Crippen LogP contribution >= 0.6 is 31.9 Å². The quantitative estimate of drug-likeness (QED) is 0.768. The summed E-state index contributed by atoms with van der Waals surface area (Å²) in [5.41, 5.74) is 2.02. The Balaban J connectivity index is 2.20. The standard InChI is InChI=1S/C12H12Br2N2/c13-7-12(8-14)5-4-11(16-9-12)10-3-1-2-6-15-10/h1-4,6,9H,5,7-8H2. The molecule has 4 heteroatoms. The summed E-state index contributed by atoms with van der Waals surface area (Å²) >= 11 is 7.08. The van der Waals surface area contributed by atoms with Crippen molar-refractivity contribution >= 4 is 43.8 Å². The van der Waals surface area contributed by atoms with Crippen molar-refractivity contribution in [1.29, 1.82) is 0 Å². The second kappa shape index (κ2) is 5.23. The summed E-state index contributed by atoms with van der Waals surface area (Å²) in [5.74, 6) is 0. The Hall–Kier alpha value is -0.480. The van der Waals surface area contributed by atoms with Gasteiger partial charge in [0.2, 0.25) is 0 Å². The highest BCUT2D eigenvalue weighted by molar-refractivity contribution is 9.09. The third kappa shape index (κ3) is 2.43. The highest BCUT2D eigenvalue weighted by atomic mass is 79.9. The Bertz CT molecular complexity index is 408. The number of alkyl halides is 2. The Morgan fingerprint density at radius 2 is 2.06 bits per heavy atom. The summed E-state index contributed by atoms with van der Waals surface area (Å²) in [6, 6.07) is 5.88. The lowest BCUT2D eigenvalue weighted by Crippen LogP contribution is -2.27. The molecule has 16 heavy (non-hydrogen) atoms. The zero-order valence-electron chi connectivity index (χ0n) is 8.74. The molecule has 0 saturated heterocycles. The molecule has 2 nitrogen and oxygen atoms in total. The maximum atomic E-state index is 4.51. The van der Waals surface area contributed by atoms with Gasteiger partial charge in [0.1, 0.15) is 0 Å². The average Bonchev–Trinajstić information content (AvgIpc) is 2.40. The fourth-order valence-electron chi connectivity index (χ4n) is 1.51. The van der Waals surface area contributed by atoms with Gasteiger partial charge in [0.25, 0.3) is 0 Å². The molecule has 84 valence electrons. The van der Waals surface area contributed by atoms with Crippen molar-refractivity contribution < 1.29 is 0 Å². The summed E-state index contributed by atoms with van der Waals surface area (Å²) < 4.78 is 0. The van der Waals surface area contributed by atoms with Gasteiger partial charge < -0.3 is 0 Å². The first-order chi connectivity index (χ1) is 7.79. The molecule has 1 aromatic heterocycles. The van der Waals surface area contributed by atoms with Crippen molar-refractivity contribution in [2.24, 2.45) is 10.4 Å². The van der Waals surface area contributed by atoms with E-state index in [2.05, 4.69) is 47.9 Å². The number of rotatable bonds is 3. The number of halogens is 2. The normalized spacial score (nSPS) is 18.2. The lowest BCUT2D eigenvalue weighted by Gasteiger charge is -2.26. The number of hydrogen-bond donors (Lipinski definition) is 0. The van der Waals surface area contributed by atoms with Crippen LogP contribution in [0.5, 0.6) is 0 Å². The van der Waals surface area contributed by atoms with Crippen LogP contribution in [0.4, 0.5) is 0 Å². The van der Waals surface area contributed by atoms with Gasteiger partial charge >= 0.3 is 0 Å². The van der Waals surface area contributed by atoms with E-state index in [1.807, 2.05) is 24.4 Å². The van der Waals surface area contributed by atoms with Crippen LogP contribution in [0.1, 0.15) is 12.1 Å². The molecule has 0 unspecified atom stereocenters. The van der Waals surface area contributed by atoms with Gasteiger partial charge in [-0.05, 0) is 18.6 Å². The third-order valence-electron chi connectivity index (χ3n) is 2.64. The smallest absolute Gasteiger partial charge is 0.0882 e. The van der Waals surface area contributed by atoms with Gasteiger partial charge in [0, 0.05) is 28.5 Å². The summed E-state index contributed by atoms with van der Waals surface area (Å²) in [5, 5.41) is 1.83. The average molecular weight is 344 g/mol. The van der Waals surface area contributed by atoms with Crippen LogP contribution in [0.3, 0.4) is 0 Å². The van der Waals surface area contributed by atoms with Crippen LogP contribution in [0, 0.1) is 5.41 Å². The molecule has 0 saturated carbocycles. The minimum atomic E-state index is 0.109.